The van der Waals surface area contributed by atoms with E-state index in [0.717, 1.165) is 6.42 Å². The molecule has 0 saturated heterocycles. The van der Waals surface area contributed by atoms with Crippen LogP contribution in [0.15, 0.2) is 0 Å². The number of hydrogen-bond acceptors (Lipinski definition) is 3. The molecule has 0 rings (SSSR count). The van der Waals surface area contributed by atoms with Crippen LogP contribution in [0.3, 0.4) is 0 Å². The van der Waals surface area contributed by atoms with Gasteiger partial charge >= 0.3 is 18.9 Å². The van der Waals surface area contributed by atoms with Crippen LogP contribution in [0.25, 0.3) is 0 Å². The second-order valence-corrected chi connectivity index (χ2v) is 1.18. The SMILES string of the molecule is CCCO.N=C(N)N.[Li+].[OH-]. The molecule has 0 spiro atoms. The van der Waals surface area contributed by atoms with E-state index < -0.39 is 0 Å². The maximum atomic E-state index is 7.88. The van der Waals surface area contributed by atoms with E-state index in [4.69, 9.17) is 10.5 Å². The molecular formula is C4H14LiN3O2. The Morgan fingerprint density at radius 1 is 1.50 bits per heavy atom. The summed E-state index contributed by atoms with van der Waals surface area (Å²) >= 11 is 0. The van der Waals surface area contributed by atoms with Crippen molar-refractivity contribution in [2.24, 2.45) is 11.5 Å². The van der Waals surface area contributed by atoms with Crippen molar-refractivity contribution >= 4 is 5.96 Å². The number of hydrogen-bond donors (Lipinski definition) is 4. The zero-order valence-corrected chi connectivity index (χ0v) is 6.46. The van der Waals surface area contributed by atoms with Crippen molar-refractivity contribution in [3.05, 3.63) is 0 Å². The quantitative estimate of drug-likeness (QED) is 0.170. The Morgan fingerprint density at radius 3 is 1.60 bits per heavy atom. The van der Waals surface area contributed by atoms with E-state index in [1.54, 1.807) is 0 Å². The number of aliphatic hydroxyl groups is 1. The first-order valence-electron chi connectivity index (χ1n) is 2.35. The number of aliphatic hydroxyl groups excluding tert-OH is 1. The fraction of sp³-hybridized carbons (Fsp3) is 0.750. The van der Waals surface area contributed by atoms with Crippen LogP contribution >= 0.6 is 0 Å². The predicted octanol–water partition coefficient (Wildman–Crippen LogP) is -3.95. The van der Waals surface area contributed by atoms with Gasteiger partial charge in [0.1, 0.15) is 0 Å². The molecule has 0 aliphatic heterocycles. The van der Waals surface area contributed by atoms with Crippen molar-refractivity contribution in [2.75, 3.05) is 6.61 Å². The zero-order valence-electron chi connectivity index (χ0n) is 6.46. The molecule has 0 heterocycles. The summed E-state index contributed by atoms with van der Waals surface area (Å²) in [6.07, 6.45) is 0.875. The van der Waals surface area contributed by atoms with E-state index >= 15 is 0 Å². The van der Waals surface area contributed by atoms with Crippen LogP contribution in [-0.4, -0.2) is 23.1 Å². The number of nitrogens with one attached hydrogen (secondary N) is 1. The summed E-state index contributed by atoms with van der Waals surface area (Å²) in [5.41, 5.74) is 8.94. The molecule has 0 aliphatic carbocycles. The molecule has 0 atom stereocenters. The zero-order chi connectivity index (χ0) is 6.99. The summed E-state index contributed by atoms with van der Waals surface area (Å²) < 4.78 is 0. The van der Waals surface area contributed by atoms with E-state index in [2.05, 4.69) is 11.5 Å². The van der Waals surface area contributed by atoms with Crippen LogP contribution in [0, 0.1) is 5.41 Å². The van der Waals surface area contributed by atoms with Gasteiger partial charge in [0.15, 0.2) is 5.96 Å². The maximum absolute atomic E-state index is 7.88. The van der Waals surface area contributed by atoms with Crippen molar-refractivity contribution in [3.63, 3.8) is 0 Å². The Balaban J connectivity index is -0.0000000300. The van der Waals surface area contributed by atoms with Gasteiger partial charge < -0.3 is 22.1 Å². The average Bonchev–Trinajstić information content (AvgIpc) is 1.65. The Kier molecular flexibility index (Phi) is 52.5. The molecule has 0 radical (unpaired) electrons. The van der Waals surface area contributed by atoms with Crippen LogP contribution in [-0.2, 0) is 0 Å². The molecule has 0 saturated carbocycles. The molecule has 6 heteroatoms. The minimum atomic E-state index is -0.333. The number of nitrogens with two attached hydrogens (primary N) is 2. The minimum absolute atomic E-state index is 0. The molecule has 0 fully saturated rings. The third kappa shape index (κ3) is 579. The standard InChI is InChI=1S/C3H8O.CH5N3.Li.H2O/c1-2-3-4;2-1(3)4;;/h4H,2-3H2,1H3;(H5,2,3,4);;1H2/q;;+1;/p-1. The second kappa shape index (κ2) is 23.3. The molecule has 0 aromatic heterocycles. The summed E-state index contributed by atoms with van der Waals surface area (Å²) in [6, 6.07) is 0. The summed E-state index contributed by atoms with van der Waals surface area (Å²) in [6.45, 7) is 2.25. The van der Waals surface area contributed by atoms with Crippen molar-refractivity contribution in [2.45, 2.75) is 13.3 Å². The Morgan fingerprint density at radius 2 is 1.60 bits per heavy atom. The van der Waals surface area contributed by atoms with Crippen LogP contribution in [0.5, 0.6) is 0 Å². The smallest absolute Gasteiger partial charge is 0.870 e. The predicted molar refractivity (Wildman–Crippen MR) is 35.4 cm³/mol. The maximum Gasteiger partial charge on any atom is 1.00 e. The van der Waals surface area contributed by atoms with E-state index in [0.29, 0.717) is 6.61 Å². The van der Waals surface area contributed by atoms with E-state index in [1.165, 1.54) is 0 Å². The van der Waals surface area contributed by atoms with Crippen molar-refractivity contribution in [1.82, 2.24) is 0 Å². The first kappa shape index (κ1) is 22.6. The van der Waals surface area contributed by atoms with Gasteiger partial charge in [-0.2, -0.15) is 0 Å². The summed E-state index contributed by atoms with van der Waals surface area (Å²) in [5.74, 6) is -0.333. The largest absolute Gasteiger partial charge is 1.00 e. The molecule has 5 nitrogen and oxygen atoms in total. The van der Waals surface area contributed by atoms with Gasteiger partial charge in [-0.15, -0.1) is 0 Å². The van der Waals surface area contributed by atoms with Gasteiger partial charge in [-0.25, -0.2) is 0 Å². The first-order chi connectivity index (χ1) is 3.65. The third-order valence-corrected chi connectivity index (χ3v) is 0.224. The normalized spacial score (nSPS) is 5.40. The monoisotopic (exact) mass is 143 g/mol. The number of rotatable bonds is 1. The molecule has 10 heavy (non-hydrogen) atoms. The molecule has 0 bridgehead atoms. The van der Waals surface area contributed by atoms with Crippen LogP contribution < -0.4 is 30.3 Å². The Bertz CT molecular complexity index is 56.5. The van der Waals surface area contributed by atoms with Gasteiger partial charge in [0.2, 0.25) is 0 Å². The van der Waals surface area contributed by atoms with Gasteiger partial charge in [-0.05, 0) is 6.42 Å². The van der Waals surface area contributed by atoms with Crippen molar-refractivity contribution in [3.8, 4) is 0 Å². The Labute approximate surface area is 72.8 Å². The van der Waals surface area contributed by atoms with Crippen molar-refractivity contribution in [1.29, 1.82) is 5.41 Å². The van der Waals surface area contributed by atoms with E-state index in [1.807, 2.05) is 6.92 Å². The molecule has 0 amide bonds. The van der Waals surface area contributed by atoms with E-state index in [9.17, 15) is 0 Å². The number of guanidine groups is 1. The van der Waals surface area contributed by atoms with Gasteiger partial charge in [0.25, 0.3) is 0 Å². The molecule has 7 N–H and O–H groups in total. The summed E-state index contributed by atoms with van der Waals surface area (Å²) in [7, 11) is 0. The van der Waals surface area contributed by atoms with Gasteiger partial charge in [0, 0.05) is 6.61 Å². The first-order valence-corrected chi connectivity index (χ1v) is 2.35. The fourth-order valence-corrected chi connectivity index (χ4v) is 0. The van der Waals surface area contributed by atoms with Crippen LogP contribution in [0.2, 0.25) is 0 Å². The molecular weight excluding hydrogens is 129 g/mol. The van der Waals surface area contributed by atoms with Gasteiger partial charge in [-0.1, -0.05) is 6.92 Å². The molecule has 58 valence electrons. The molecule has 0 aromatic rings. The second-order valence-electron chi connectivity index (χ2n) is 1.18. The van der Waals surface area contributed by atoms with Crippen molar-refractivity contribution < 1.29 is 29.4 Å². The topological polar surface area (TPSA) is 126 Å². The minimum Gasteiger partial charge on any atom is -0.870 e. The van der Waals surface area contributed by atoms with Gasteiger partial charge in [0.05, 0.1) is 0 Å². The Hall–Kier alpha value is -0.213. The molecule has 0 unspecified atom stereocenters. The fourth-order valence-electron chi connectivity index (χ4n) is 0. The average molecular weight is 143 g/mol. The summed E-state index contributed by atoms with van der Waals surface area (Å²) in [4.78, 5) is 0. The van der Waals surface area contributed by atoms with Gasteiger partial charge in [-0.3, -0.25) is 5.41 Å². The van der Waals surface area contributed by atoms with E-state index in [-0.39, 0.29) is 30.3 Å². The van der Waals surface area contributed by atoms with Crippen LogP contribution in [0.4, 0.5) is 0 Å². The third-order valence-electron chi connectivity index (χ3n) is 0.224. The molecule has 0 aromatic carbocycles. The van der Waals surface area contributed by atoms with Crippen LogP contribution in [0.1, 0.15) is 13.3 Å². The summed E-state index contributed by atoms with van der Waals surface area (Å²) in [5, 5.41) is 13.9. The molecule has 0 aliphatic rings.